The SMILES string of the molecule is COc1ccc(CN(C)C(=O)c2cccc(S(=O)(=O)N3CCOCC3)c2)cc1F. The third-order valence-corrected chi connectivity index (χ3v) is 6.57. The summed E-state index contributed by atoms with van der Waals surface area (Å²) in [5, 5.41) is 0. The first-order chi connectivity index (χ1) is 13.8. The summed E-state index contributed by atoms with van der Waals surface area (Å²) >= 11 is 0. The zero-order valence-corrected chi connectivity index (χ0v) is 17.1. The maximum atomic E-state index is 13.9. The Balaban J connectivity index is 1.77. The lowest BCUT2D eigenvalue weighted by molar-refractivity contribution is 0.0730. The van der Waals surface area contributed by atoms with Gasteiger partial charge in [0, 0.05) is 32.2 Å². The van der Waals surface area contributed by atoms with Crippen LogP contribution < -0.4 is 4.74 Å². The summed E-state index contributed by atoms with van der Waals surface area (Å²) in [6.45, 7) is 1.42. The number of carbonyl (C=O) groups is 1. The van der Waals surface area contributed by atoms with Crippen molar-refractivity contribution >= 4 is 15.9 Å². The highest BCUT2D eigenvalue weighted by molar-refractivity contribution is 7.89. The van der Waals surface area contributed by atoms with Crippen molar-refractivity contribution in [2.75, 3.05) is 40.5 Å². The molecule has 1 saturated heterocycles. The van der Waals surface area contributed by atoms with Crippen LogP contribution in [-0.4, -0.2) is 64.0 Å². The highest BCUT2D eigenvalue weighted by Gasteiger charge is 2.27. The quantitative estimate of drug-likeness (QED) is 0.713. The minimum absolute atomic E-state index is 0.0640. The van der Waals surface area contributed by atoms with E-state index < -0.39 is 15.8 Å². The van der Waals surface area contributed by atoms with Crippen LogP contribution in [0.5, 0.6) is 5.75 Å². The van der Waals surface area contributed by atoms with Crippen molar-refractivity contribution in [2.24, 2.45) is 0 Å². The van der Waals surface area contributed by atoms with Crippen molar-refractivity contribution in [3.05, 3.63) is 59.4 Å². The van der Waals surface area contributed by atoms with Crippen LogP contribution in [-0.2, 0) is 21.3 Å². The molecule has 1 amide bonds. The fraction of sp³-hybridized carbons (Fsp3) is 0.350. The Labute approximate surface area is 169 Å². The number of carbonyl (C=O) groups excluding carboxylic acids is 1. The molecule has 0 spiro atoms. The summed E-state index contributed by atoms with van der Waals surface area (Å²) in [6, 6.07) is 10.4. The van der Waals surface area contributed by atoms with Gasteiger partial charge in [0.05, 0.1) is 25.2 Å². The van der Waals surface area contributed by atoms with Crippen LogP contribution in [0.25, 0.3) is 0 Å². The van der Waals surface area contributed by atoms with E-state index in [1.807, 2.05) is 0 Å². The summed E-state index contributed by atoms with van der Waals surface area (Å²) in [7, 11) is -0.739. The Morgan fingerprint density at radius 1 is 1.21 bits per heavy atom. The normalized spacial score (nSPS) is 15.1. The average Bonchev–Trinajstić information content (AvgIpc) is 2.74. The topological polar surface area (TPSA) is 76.2 Å². The fourth-order valence-corrected chi connectivity index (χ4v) is 4.55. The van der Waals surface area contributed by atoms with Crippen LogP contribution >= 0.6 is 0 Å². The van der Waals surface area contributed by atoms with Gasteiger partial charge in [0.2, 0.25) is 10.0 Å². The van der Waals surface area contributed by atoms with Crippen molar-refractivity contribution in [2.45, 2.75) is 11.4 Å². The van der Waals surface area contributed by atoms with E-state index in [2.05, 4.69) is 0 Å². The maximum Gasteiger partial charge on any atom is 0.253 e. The second-order valence-electron chi connectivity index (χ2n) is 6.67. The molecule has 0 aliphatic carbocycles. The molecule has 0 unspecified atom stereocenters. The zero-order chi connectivity index (χ0) is 21.0. The molecule has 0 N–H and O–H groups in total. The number of sulfonamides is 1. The lowest BCUT2D eigenvalue weighted by atomic mass is 10.1. The number of rotatable bonds is 6. The number of amides is 1. The lowest BCUT2D eigenvalue weighted by Crippen LogP contribution is -2.40. The molecule has 29 heavy (non-hydrogen) atoms. The minimum atomic E-state index is -3.70. The third-order valence-electron chi connectivity index (χ3n) is 4.67. The number of halogens is 1. The van der Waals surface area contributed by atoms with Gasteiger partial charge in [0.25, 0.3) is 5.91 Å². The Kier molecular flexibility index (Phi) is 6.51. The molecule has 0 bridgehead atoms. The molecule has 1 heterocycles. The number of morpholine rings is 1. The van der Waals surface area contributed by atoms with Gasteiger partial charge in [-0.3, -0.25) is 4.79 Å². The summed E-state index contributed by atoms with van der Waals surface area (Å²) in [5.41, 5.74) is 0.840. The molecule has 3 rings (SSSR count). The van der Waals surface area contributed by atoms with Gasteiger partial charge in [0.1, 0.15) is 0 Å². The molecule has 2 aromatic rings. The van der Waals surface area contributed by atoms with Crippen molar-refractivity contribution < 1.29 is 27.1 Å². The Hall–Kier alpha value is -2.49. The van der Waals surface area contributed by atoms with Crippen LogP contribution in [0.4, 0.5) is 4.39 Å². The molecule has 0 radical (unpaired) electrons. The second kappa shape index (κ2) is 8.89. The summed E-state index contributed by atoms with van der Waals surface area (Å²) in [4.78, 5) is 14.3. The largest absolute Gasteiger partial charge is 0.494 e. The monoisotopic (exact) mass is 422 g/mol. The molecular weight excluding hydrogens is 399 g/mol. The van der Waals surface area contributed by atoms with Crippen molar-refractivity contribution in [1.29, 1.82) is 0 Å². The summed E-state index contributed by atoms with van der Waals surface area (Å²) in [6.07, 6.45) is 0. The van der Waals surface area contributed by atoms with Crippen LogP contribution in [0, 0.1) is 5.82 Å². The van der Waals surface area contributed by atoms with Crippen LogP contribution in [0.15, 0.2) is 47.4 Å². The molecule has 1 aliphatic heterocycles. The van der Waals surface area contributed by atoms with E-state index in [9.17, 15) is 17.6 Å². The predicted octanol–water partition coefficient (Wildman–Crippen LogP) is 2.13. The van der Waals surface area contributed by atoms with E-state index in [-0.39, 0.29) is 41.7 Å². The number of methoxy groups -OCH3 is 1. The number of nitrogens with zero attached hydrogens (tertiary/aromatic N) is 2. The number of benzene rings is 2. The number of ether oxygens (including phenoxy) is 2. The van der Waals surface area contributed by atoms with Gasteiger partial charge in [0.15, 0.2) is 11.6 Å². The van der Waals surface area contributed by atoms with E-state index >= 15 is 0 Å². The van der Waals surface area contributed by atoms with E-state index in [1.165, 1.54) is 40.6 Å². The molecule has 9 heteroatoms. The lowest BCUT2D eigenvalue weighted by Gasteiger charge is -2.26. The van der Waals surface area contributed by atoms with Gasteiger partial charge in [-0.05, 0) is 35.9 Å². The zero-order valence-electron chi connectivity index (χ0n) is 16.3. The summed E-state index contributed by atoms with van der Waals surface area (Å²) in [5.74, 6) is -0.742. The number of hydrogen-bond donors (Lipinski definition) is 0. The smallest absolute Gasteiger partial charge is 0.253 e. The average molecular weight is 422 g/mol. The number of hydrogen-bond acceptors (Lipinski definition) is 5. The molecule has 1 fully saturated rings. The first-order valence-corrected chi connectivity index (χ1v) is 10.5. The van der Waals surface area contributed by atoms with Crippen LogP contribution in [0.3, 0.4) is 0 Å². The van der Waals surface area contributed by atoms with Gasteiger partial charge in [-0.25, -0.2) is 12.8 Å². The maximum absolute atomic E-state index is 13.9. The van der Waals surface area contributed by atoms with Crippen LogP contribution in [0.1, 0.15) is 15.9 Å². The van der Waals surface area contributed by atoms with E-state index in [1.54, 1.807) is 25.2 Å². The molecule has 7 nitrogen and oxygen atoms in total. The molecule has 0 aromatic heterocycles. The fourth-order valence-electron chi connectivity index (χ4n) is 3.10. The van der Waals surface area contributed by atoms with Gasteiger partial charge in [-0.2, -0.15) is 4.31 Å². The predicted molar refractivity (Wildman–Crippen MR) is 105 cm³/mol. The first kappa shape index (κ1) is 21.2. The highest BCUT2D eigenvalue weighted by Crippen LogP contribution is 2.21. The standard InChI is InChI=1S/C20H23FN2O5S/c1-22(14-15-6-7-19(27-2)18(21)12-15)20(24)16-4-3-5-17(13-16)29(25,26)23-8-10-28-11-9-23/h3-7,12-13H,8-11,14H2,1-2H3. The molecule has 156 valence electrons. The van der Waals surface area contributed by atoms with Crippen molar-refractivity contribution in [3.63, 3.8) is 0 Å². The highest BCUT2D eigenvalue weighted by atomic mass is 32.2. The van der Waals surface area contributed by atoms with Gasteiger partial charge < -0.3 is 14.4 Å². The van der Waals surface area contributed by atoms with Crippen LogP contribution in [0.2, 0.25) is 0 Å². The second-order valence-corrected chi connectivity index (χ2v) is 8.61. The van der Waals surface area contributed by atoms with Crippen molar-refractivity contribution in [1.82, 2.24) is 9.21 Å². The Morgan fingerprint density at radius 3 is 2.59 bits per heavy atom. The summed E-state index contributed by atoms with van der Waals surface area (Å²) < 4.78 is 50.9. The van der Waals surface area contributed by atoms with E-state index in [0.29, 0.717) is 18.8 Å². The molecule has 0 saturated carbocycles. The molecule has 1 aliphatic rings. The van der Waals surface area contributed by atoms with E-state index in [0.717, 1.165) is 0 Å². The van der Waals surface area contributed by atoms with Crippen molar-refractivity contribution in [3.8, 4) is 5.75 Å². The molecule has 2 aromatic carbocycles. The van der Waals surface area contributed by atoms with Gasteiger partial charge in [-0.1, -0.05) is 12.1 Å². The Morgan fingerprint density at radius 2 is 1.93 bits per heavy atom. The molecule has 0 atom stereocenters. The minimum Gasteiger partial charge on any atom is -0.494 e. The van der Waals surface area contributed by atoms with Gasteiger partial charge >= 0.3 is 0 Å². The van der Waals surface area contributed by atoms with Gasteiger partial charge in [-0.15, -0.1) is 0 Å². The Bertz CT molecular complexity index is 990. The first-order valence-electron chi connectivity index (χ1n) is 9.09. The molecular formula is C20H23FN2O5S. The third kappa shape index (κ3) is 4.75. The van der Waals surface area contributed by atoms with E-state index in [4.69, 9.17) is 9.47 Å².